The molecule has 1 heterocycles. The average Bonchev–Trinajstić information content (AvgIpc) is 2.96. The smallest absolute Gasteiger partial charge is 0.254 e. The molecule has 9 heteroatoms. The number of halogens is 2. The molecule has 0 aliphatic heterocycles. The minimum absolute atomic E-state index is 0.0303. The summed E-state index contributed by atoms with van der Waals surface area (Å²) in [5.74, 6) is -2.10. The molecule has 226 valence electrons. The molecule has 2 atom stereocenters. The first-order valence-electron chi connectivity index (χ1n) is 14.6. The highest BCUT2D eigenvalue weighted by Crippen LogP contribution is 2.20. The Morgan fingerprint density at radius 2 is 1.64 bits per heavy atom. The van der Waals surface area contributed by atoms with E-state index < -0.39 is 23.8 Å². The number of aliphatic hydroxyl groups is 1. The van der Waals surface area contributed by atoms with Crippen LogP contribution in [0.15, 0.2) is 54.6 Å². The highest BCUT2D eigenvalue weighted by Gasteiger charge is 2.31. The van der Waals surface area contributed by atoms with Gasteiger partial charge in [0.25, 0.3) is 11.8 Å². The summed E-state index contributed by atoms with van der Waals surface area (Å²) in [5, 5.41) is 17.5. The second kappa shape index (κ2) is 16.1. The Balaban J connectivity index is 1.91. The number of rotatable bonds is 15. The van der Waals surface area contributed by atoms with E-state index in [0.717, 1.165) is 35.9 Å². The second-order valence-electron chi connectivity index (χ2n) is 10.6. The van der Waals surface area contributed by atoms with Gasteiger partial charge in [0.2, 0.25) is 0 Å². The molecule has 0 aliphatic carbocycles. The Bertz CT molecular complexity index is 1330. The molecule has 0 aliphatic rings. The zero-order chi connectivity index (χ0) is 30.6. The molecule has 42 heavy (non-hydrogen) atoms. The number of hydrogen-bond acceptors (Lipinski definition) is 5. The van der Waals surface area contributed by atoms with Gasteiger partial charge in [-0.1, -0.05) is 26.8 Å². The molecule has 0 unspecified atom stereocenters. The topological polar surface area (TPSA) is 94.6 Å². The maximum Gasteiger partial charge on any atom is 0.254 e. The van der Waals surface area contributed by atoms with Crippen LogP contribution in [0.25, 0.3) is 0 Å². The minimum Gasteiger partial charge on any atom is -0.390 e. The summed E-state index contributed by atoms with van der Waals surface area (Å²) < 4.78 is 28.2. The van der Waals surface area contributed by atoms with Gasteiger partial charge >= 0.3 is 0 Å². The predicted octanol–water partition coefficient (Wildman–Crippen LogP) is 4.98. The molecule has 3 N–H and O–H groups in total. The minimum atomic E-state index is -1.07. The van der Waals surface area contributed by atoms with E-state index in [1.807, 2.05) is 45.9 Å². The van der Waals surface area contributed by atoms with Crippen LogP contribution >= 0.6 is 0 Å². The quantitative estimate of drug-likeness (QED) is 0.236. The standard InChI is InChI=1S/C33H42F2N4O3/c1-5-11-37-32(41)24-13-22(4)14-25(18-24)33(42)39(12-6-2)30(17-23-15-26(34)19-27(35)16-23)31(40)21-36-20-29-10-8-9-28(7-3)38-29/h8-10,13-16,18-19,30-31,36,40H,5-7,11-12,17,20-21H2,1-4H3,(H,37,41)/t30-,31+/m0/s1. The largest absolute Gasteiger partial charge is 0.390 e. The SMILES string of the molecule is CCCNC(=O)c1cc(C)cc(C(=O)N(CCC)[C@@H](Cc2cc(F)cc(F)c2)[C@H](O)CNCc2cccc(CC)n2)c1. The van der Waals surface area contributed by atoms with Gasteiger partial charge in [-0.2, -0.15) is 0 Å². The molecule has 7 nitrogen and oxygen atoms in total. The van der Waals surface area contributed by atoms with Crippen molar-refractivity contribution in [2.45, 2.75) is 72.1 Å². The van der Waals surface area contributed by atoms with Crippen LogP contribution in [0.3, 0.4) is 0 Å². The lowest BCUT2D eigenvalue weighted by Crippen LogP contribution is -2.51. The number of pyridine rings is 1. The summed E-state index contributed by atoms with van der Waals surface area (Å²) >= 11 is 0. The number of aliphatic hydroxyl groups excluding tert-OH is 1. The van der Waals surface area contributed by atoms with Gasteiger partial charge < -0.3 is 20.6 Å². The van der Waals surface area contributed by atoms with Crippen LogP contribution in [0.5, 0.6) is 0 Å². The molecular weight excluding hydrogens is 538 g/mol. The van der Waals surface area contributed by atoms with Crippen LogP contribution < -0.4 is 10.6 Å². The lowest BCUT2D eigenvalue weighted by Gasteiger charge is -2.35. The number of nitrogens with one attached hydrogen (secondary N) is 2. The van der Waals surface area contributed by atoms with Crippen molar-refractivity contribution in [1.29, 1.82) is 0 Å². The molecule has 0 fully saturated rings. The normalized spacial score (nSPS) is 12.5. The summed E-state index contributed by atoms with van der Waals surface area (Å²) in [7, 11) is 0. The molecule has 0 radical (unpaired) electrons. The fourth-order valence-electron chi connectivity index (χ4n) is 4.94. The lowest BCUT2D eigenvalue weighted by molar-refractivity contribution is 0.0353. The van der Waals surface area contributed by atoms with Crippen LogP contribution in [-0.4, -0.2) is 58.6 Å². The van der Waals surface area contributed by atoms with Crippen molar-refractivity contribution in [3.63, 3.8) is 0 Å². The third kappa shape index (κ3) is 9.42. The van der Waals surface area contributed by atoms with Crippen molar-refractivity contribution in [3.05, 3.63) is 99.9 Å². The van der Waals surface area contributed by atoms with Crippen LogP contribution in [0.1, 0.15) is 76.8 Å². The summed E-state index contributed by atoms with van der Waals surface area (Å²) in [6.45, 7) is 9.04. The van der Waals surface area contributed by atoms with Crippen molar-refractivity contribution in [2.24, 2.45) is 0 Å². The highest BCUT2D eigenvalue weighted by molar-refractivity contribution is 6.00. The molecule has 0 saturated heterocycles. The van der Waals surface area contributed by atoms with Gasteiger partial charge in [0.05, 0.1) is 17.8 Å². The highest BCUT2D eigenvalue weighted by atomic mass is 19.1. The van der Waals surface area contributed by atoms with Gasteiger partial charge in [0.15, 0.2) is 0 Å². The Morgan fingerprint density at radius 1 is 0.952 bits per heavy atom. The van der Waals surface area contributed by atoms with E-state index in [-0.39, 0.29) is 24.8 Å². The fraction of sp³-hybridized carbons (Fsp3) is 0.424. The van der Waals surface area contributed by atoms with Crippen molar-refractivity contribution in [3.8, 4) is 0 Å². The molecule has 3 aromatic rings. The number of hydrogen-bond donors (Lipinski definition) is 3. The van der Waals surface area contributed by atoms with Crippen molar-refractivity contribution < 1.29 is 23.5 Å². The predicted molar refractivity (Wildman–Crippen MR) is 160 cm³/mol. The zero-order valence-electron chi connectivity index (χ0n) is 24.9. The first kappa shape index (κ1) is 32.8. The number of carbonyl (C=O) groups excluding carboxylic acids is 2. The number of carbonyl (C=O) groups is 2. The third-order valence-electron chi connectivity index (χ3n) is 6.95. The van der Waals surface area contributed by atoms with Gasteiger partial charge in [-0.05, 0) is 86.2 Å². The first-order valence-corrected chi connectivity index (χ1v) is 14.6. The molecule has 0 saturated carbocycles. The Hall–Kier alpha value is -3.69. The van der Waals surface area contributed by atoms with Gasteiger partial charge in [-0.15, -0.1) is 0 Å². The van der Waals surface area contributed by atoms with Crippen molar-refractivity contribution >= 4 is 11.8 Å². The fourth-order valence-corrected chi connectivity index (χ4v) is 4.94. The number of aryl methyl sites for hydroxylation is 2. The van der Waals surface area contributed by atoms with Gasteiger partial charge in [-0.25, -0.2) is 8.78 Å². The van der Waals surface area contributed by atoms with E-state index in [9.17, 15) is 23.5 Å². The molecule has 0 spiro atoms. The van der Waals surface area contributed by atoms with E-state index >= 15 is 0 Å². The van der Waals surface area contributed by atoms with Gasteiger partial charge in [0, 0.05) is 49.1 Å². The molecule has 2 aromatic carbocycles. The zero-order valence-corrected chi connectivity index (χ0v) is 24.9. The number of nitrogens with zero attached hydrogens (tertiary/aromatic N) is 2. The Morgan fingerprint density at radius 3 is 2.31 bits per heavy atom. The van der Waals surface area contributed by atoms with Crippen LogP contribution in [0, 0.1) is 18.6 Å². The lowest BCUT2D eigenvalue weighted by atomic mass is 9.97. The van der Waals surface area contributed by atoms with Crippen LogP contribution in [-0.2, 0) is 19.4 Å². The first-order chi connectivity index (χ1) is 20.1. The molecule has 3 rings (SSSR count). The van der Waals surface area contributed by atoms with E-state index in [4.69, 9.17) is 0 Å². The van der Waals surface area contributed by atoms with E-state index in [1.54, 1.807) is 23.1 Å². The second-order valence-corrected chi connectivity index (χ2v) is 10.6. The van der Waals surface area contributed by atoms with Crippen molar-refractivity contribution in [2.75, 3.05) is 19.6 Å². The Kier molecular flexibility index (Phi) is 12.6. The van der Waals surface area contributed by atoms with E-state index in [0.29, 0.717) is 42.7 Å². The number of amides is 2. The number of aromatic nitrogens is 1. The van der Waals surface area contributed by atoms with E-state index in [1.165, 1.54) is 12.1 Å². The Labute approximate surface area is 247 Å². The monoisotopic (exact) mass is 580 g/mol. The maximum absolute atomic E-state index is 14.1. The van der Waals surface area contributed by atoms with Crippen LogP contribution in [0.4, 0.5) is 8.78 Å². The number of benzene rings is 2. The average molecular weight is 581 g/mol. The van der Waals surface area contributed by atoms with E-state index in [2.05, 4.69) is 15.6 Å². The third-order valence-corrected chi connectivity index (χ3v) is 6.95. The van der Waals surface area contributed by atoms with Crippen molar-refractivity contribution in [1.82, 2.24) is 20.5 Å². The summed E-state index contributed by atoms with van der Waals surface area (Å²) in [5.41, 5.74) is 3.53. The molecule has 1 aromatic heterocycles. The van der Waals surface area contributed by atoms with Gasteiger partial charge in [-0.3, -0.25) is 14.6 Å². The summed E-state index contributed by atoms with van der Waals surface area (Å²) in [4.78, 5) is 32.8. The maximum atomic E-state index is 14.1. The summed E-state index contributed by atoms with van der Waals surface area (Å²) in [6, 6.07) is 13.2. The van der Waals surface area contributed by atoms with Gasteiger partial charge in [0.1, 0.15) is 11.6 Å². The van der Waals surface area contributed by atoms with Crippen LogP contribution in [0.2, 0.25) is 0 Å². The summed E-state index contributed by atoms with van der Waals surface area (Å²) in [6.07, 6.45) is 1.13. The molecule has 0 bridgehead atoms. The molecular formula is C33H42F2N4O3. The molecule has 2 amide bonds.